The van der Waals surface area contributed by atoms with E-state index < -0.39 is 0 Å². The van der Waals surface area contributed by atoms with Crippen LogP contribution in [0.2, 0.25) is 0 Å². The van der Waals surface area contributed by atoms with Crippen LogP contribution in [0, 0.1) is 0 Å². The van der Waals surface area contributed by atoms with Gasteiger partial charge in [-0.1, -0.05) is 13.8 Å². The number of aliphatic hydroxyl groups excluding tert-OH is 1. The first-order valence-electron chi connectivity index (χ1n) is 7.25. The lowest BCUT2D eigenvalue weighted by molar-refractivity contribution is 0.108. The zero-order valence-corrected chi connectivity index (χ0v) is 12.0. The smallest absolute Gasteiger partial charge is 0.222 e. The second kappa shape index (κ2) is 5.01. The van der Waals surface area contributed by atoms with Gasteiger partial charge < -0.3 is 10.8 Å². The van der Waals surface area contributed by atoms with Gasteiger partial charge in [0.25, 0.3) is 0 Å². The number of fused-ring (bicyclic) bond motifs is 1. The van der Waals surface area contributed by atoms with Gasteiger partial charge in [0, 0.05) is 6.20 Å². The van der Waals surface area contributed by atoms with Crippen LogP contribution in [0.15, 0.2) is 6.20 Å². The third-order valence-electron chi connectivity index (χ3n) is 4.05. The van der Waals surface area contributed by atoms with Gasteiger partial charge in [-0.2, -0.15) is 10.1 Å². The minimum Gasteiger partial charge on any atom is -0.393 e. The Morgan fingerprint density at radius 3 is 2.65 bits per heavy atom. The molecule has 1 aliphatic rings. The molecular formula is C14H21N5O. The summed E-state index contributed by atoms with van der Waals surface area (Å²) in [7, 11) is 0. The second-order valence-electron chi connectivity index (χ2n) is 5.91. The van der Waals surface area contributed by atoms with Crippen molar-refractivity contribution in [3.05, 3.63) is 11.9 Å². The third kappa shape index (κ3) is 2.24. The molecule has 3 rings (SSSR count). The highest BCUT2D eigenvalue weighted by molar-refractivity contribution is 5.79. The van der Waals surface area contributed by atoms with Gasteiger partial charge in [0.05, 0.1) is 23.2 Å². The zero-order chi connectivity index (χ0) is 14.3. The lowest BCUT2D eigenvalue weighted by Gasteiger charge is -2.25. The first kappa shape index (κ1) is 13.3. The van der Waals surface area contributed by atoms with Crippen molar-refractivity contribution in [2.45, 2.75) is 57.6 Å². The van der Waals surface area contributed by atoms with Crippen molar-refractivity contribution in [2.75, 3.05) is 5.73 Å². The molecule has 2 heterocycles. The normalized spacial score (nSPS) is 23.6. The standard InChI is InChI=1S/C14H21N5O/c1-8(2)12-11-7-16-14(15)17-13(11)19(18-12)9-3-5-10(20)6-4-9/h7-10,20H,3-6H2,1-2H3,(H2,15,16,17)/t9-,10-. The molecule has 0 amide bonds. The maximum absolute atomic E-state index is 9.65. The van der Waals surface area contributed by atoms with Crippen LogP contribution in [-0.2, 0) is 0 Å². The Bertz CT molecular complexity index is 613. The van der Waals surface area contributed by atoms with Crippen LogP contribution < -0.4 is 5.73 Å². The Balaban J connectivity index is 2.07. The molecule has 6 nitrogen and oxygen atoms in total. The number of rotatable bonds is 2. The highest BCUT2D eigenvalue weighted by Gasteiger charge is 2.25. The first-order valence-corrected chi connectivity index (χ1v) is 7.25. The molecule has 0 saturated heterocycles. The van der Waals surface area contributed by atoms with Gasteiger partial charge in [-0.25, -0.2) is 9.67 Å². The van der Waals surface area contributed by atoms with Gasteiger partial charge in [-0.15, -0.1) is 0 Å². The highest BCUT2D eigenvalue weighted by atomic mass is 16.3. The van der Waals surface area contributed by atoms with E-state index in [0.717, 1.165) is 42.4 Å². The highest BCUT2D eigenvalue weighted by Crippen LogP contribution is 2.32. The number of nitrogens with two attached hydrogens (primary N) is 1. The largest absolute Gasteiger partial charge is 0.393 e. The Hall–Kier alpha value is -1.69. The van der Waals surface area contributed by atoms with E-state index in [9.17, 15) is 5.11 Å². The van der Waals surface area contributed by atoms with Crippen molar-refractivity contribution in [1.29, 1.82) is 0 Å². The van der Waals surface area contributed by atoms with Gasteiger partial charge in [0.2, 0.25) is 5.95 Å². The molecule has 2 aromatic heterocycles. The molecule has 0 bridgehead atoms. The summed E-state index contributed by atoms with van der Waals surface area (Å²) >= 11 is 0. The van der Waals surface area contributed by atoms with E-state index in [2.05, 4.69) is 23.8 Å². The van der Waals surface area contributed by atoms with E-state index in [1.165, 1.54) is 0 Å². The quantitative estimate of drug-likeness (QED) is 0.875. The molecule has 6 heteroatoms. The van der Waals surface area contributed by atoms with E-state index in [1.807, 2.05) is 4.68 Å². The molecule has 0 atom stereocenters. The molecular weight excluding hydrogens is 254 g/mol. The van der Waals surface area contributed by atoms with E-state index in [4.69, 9.17) is 10.8 Å². The Morgan fingerprint density at radius 2 is 2.00 bits per heavy atom. The summed E-state index contributed by atoms with van der Waals surface area (Å²) in [5, 5.41) is 15.4. The van der Waals surface area contributed by atoms with E-state index in [-0.39, 0.29) is 12.1 Å². The first-order chi connectivity index (χ1) is 9.56. The maximum Gasteiger partial charge on any atom is 0.222 e. The fourth-order valence-corrected chi connectivity index (χ4v) is 2.94. The van der Waals surface area contributed by atoms with Crippen molar-refractivity contribution in [2.24, 2.45) is 0 Å². The topological polar surface area (TPSA) is 89.8 Å². The van der Waals surface area contributed by atoms with Gasteiger partial charge in [-0.3, -0.25) is 0 Å². The minimum atomic E-state index is -0.169. The van der Waals surface area contributed by atoms with E-state index in [1.54, 1.807) is 6.20 Å². The number of nitrogens with zero attached hydrogens (tertiary/aromatic N) is 4. The number of hydrogen-bond donors (Lipinski definition) is 2. The molecule has 3 N–H and O–H groups in total. The molecule has 0 aliphatic heterocycles. The fourth-order valence-electron chi connectivity index (χ4n) is 2.94. The monoisotopic (exact) mass is 275 g/mol. The molecule has 1 aliphatic carbocycles. The SMILES string of the molecule is CC(C)c1nn([C@H]2CC[C@H](O)CC2)c2nc(N)ncc12. The minimum absolute atomic E-state index is 0.169. The number of nitrogen functional groups attached to an aromatic ring is 1. The van der Waals surface area contributed by atoms with E-state index >= 15 is 0 Å². The van der Waals surface area contributed by atoms with Crippen LogP contribution in [-0.4, -0.2) is 31.0 Å². The number of anilines is 1. The number of aromatic nitrogens is 4. The summed E-state index contributed by atoms with van der Waals surface area (Å²) in [6.07, 6.45) is 5.11. The second-order valence-corrected chi connectivity index (χ2v) is 5.91. The molecule has 0 unspecified atom stereocenters. The van der Waals surface area contributed by atoms with Crippen molar-refractivity contribution in [3.8, 4) is 0 Å². The predicted molar refractivity (Wildman–Crippen MR) is 77.3 cm³/mol. The predicted octanol–water partition coefficient (Wildman–Crippen LogP) is 2.01. The summed E-state index contributed by atoms with van der Waals surface area (Å²) in [6, 6.07) is 0.294. The molecule has 1 saturated carbocycles. The molecule has 1 fully saturated rings. The third-order valence-corrected chi connectivity index (χ3v) is 4.05. The van der Waals surface area contributed by atoms with Crippen LogP contribution in [0.3, 0.4) is 0 Å². The van der Waals surface area contributed by atoms with E-state index in [0.29, 0.717) is 12.0 Å². The van der Waals surface area contributed by atoms with Gasteiger partial charge in [0.15, 0.2) is 5.65 Å². The average Bonchev–Trinajstić information content (AvgIpc) is 2.78. The van der Waals surface area contributed by atoms with Gasteiger partial charge >= 0.3 is 0 Å². The number of hydrogen-bond acceptors (Lipinski definition) is 5. The molecule has 108 valence electrons. The van der Waals surface area contributed by atoms with Crippen LogP contribution in [0.25, 0.3) is 11.0 Å². The van der Waals surface area contributed by atoms with Gasteiger partial charge in [-0.05, 0) is 31.6 Å². The molecule has 0 radical (unpaired) electrons. The lowest BCUT2D eigenvalue weighted by atomic mass is 9.93. The maximum atomic E-state index is 9.65. The van der Waals surface area contributed by atoms with Crippen LogP contribution in [0.4, 0.5) is 5.95 Å². The fraction of sp³-hybridized carbons (Fsp3) is 0.643. The van der Waals surface area contributed by atoms with Crippen molar-refractivity contribution >= 4 is 17.0 Å². The van der Waals surface area contributed by atoms with Crippen molar-refractivity contribution in [1.82, 2.24) is 19.7 Å². The summed E-state index contributed by atoms with van der Waals surface area (Å²) in [5.41, 5.74) is 7.57. The van der Waals surface area contributed by atoms with Crippen LogP contribution >= 0.6 is 0 Å². The number of aliphatic hydroxyl groups is 1. The summed E-state index contributed by atoms with van der Waals surface area (Å²) in [5.74, 6) is 0.602. The lowest BCUT2D eigenvalue weighted by Crippen LogP contribution is -2.22. The van der Waals surface area contributed by atoms with Crippen LogP contribution in [0.1, 0.15) is 57.2 Å². The zero-order valence-electron chi connectivity index (χ0n) is 12.0. The average molecular weight is 275 g/mol. The summed E-state index contributed by atoms with van der Waals surface area (Å²) in [4.78, 5) is 8.47. The Kier molecular flexibility index (Phi) is 3.33. The summed E-state index contributed by atoms with van der Waals surface area (Å²) < 4.78 is 1.99. The molecule has 0 spiro atoms. The Morgan fingerprint density at radius 1 is 1.30 bits per heavy atom. The van der Waals surface area contributed by atoms with Crippen LogP contribution in [0.5, 0.6) is 0 Å². The Labute approximate surface area is 118 Å². The molecule has 2 aromatic rings. The van der Waals surface area contributed by atoms with Gasteiger partial charge in [0.1, 0.15) is 0 Å². The molecule has 20 heavy (non-hydrogen) atoms. The molecule has 0 aromatic carbocycles. The summed E-state index contributed by atoms with van der Waals surface area (Å²) in [6.45, 7) is 4.24. The van der Waals surface area contributed by atoms with Crippen molar-refractivity contribution < 1.29 is 5.11 Å². The van der Waals surface area contributed by atoms with Crippen molar-refractivity contribution in [3.63, 3.8) is 0 Å².